The lowest BCUT2D eigenvalue weighted by Gasteiger charge is -2.06. The molecule has 7 heteroatoms. The molecule has 0 aliphatic heterocycles. The third-order valence-corrected chi connectivity index (χ3v) is 4.57. The molecule has 0 aliphatic rings. The predicted molar refractivity (Wildman–Crippen MR) is 66.9 cm³/mol. The van der Waals surface area contributed by atoms with Gasteiger partial charge in [-0.25, -0.2) is 0 Å². The summed E-state index contributed by atoms with van der Waals surface area (Å²) in [7, 11) is -0.759. The van der Waals surface area contributed by atoms with Crippen LogP contribution in [-0.4, -0.2) is 11.0 Å². The molecule has 106 valence electrons. The maximum absolute atomic E-state index is 12.5. The topological polar surface area (TPSA) is 53.0 Å². The Labute approximate surface area is 115 Å². The van der Waals surface area contributed by atoms with E-state index < -0.39 is 28.2 Å². The molecule has 2 aromatic rings. The standard InChI is InChI=1S/C13H10F3NO2S/c1-8-6-20(7-11(18)19)12(17-8)9-2-4-10(5-3-9)13(14,15)16/h2-6H,7H2,1H3. The van der Waals surface area contributed by atoms with Gasteiger partial charge in [-0.05, 0) is 31.2 Å². The normalized spacial score (nSPS) is 12.5. The molecular formula is C13H10F3NO2S. The average Bonchev–Trinajstić information content (AvgIpc) is 2.68. The molecule has 0 fully saturated rings. The minimum atomic E-state index is -4.39. The molecule has 0 saturated heterocycles. The highest BCUT2D eigenvalue weighted by atomic mass is 32.2. The van der Waals surface area contributed by atoms with Gasteiger partial charge < -0.3 is 9.90 Å². The number of nitrogens with zero attached hydrogens (tertiary/aromatic N) is 1. The van der Waals surface area contributed by atoms with Crippen LogP contribution in [0.3, 0.4) is 0 Å². The summed E-state index contributed by atoms with van der Waals surface area (Å²) in [4.78, 5) is 14.9. The van der Waals surface area contributed by atoms with Gasteiger partial charge in [0.15, 0.2) is 11.1 Å². The number of thiazole rings is 1. The summed E-state index contributed by atoms with van der Waals surface area (Å²) in [5.74, 6) is -1.42. The molecule has 0 spiro atoms. The molecule has 1 aromatic heterocycles. The van der Waals surface area contributed by atoms with E-state index in [4.69, 9.17) is 0 Å². The van der Waals surface area contributed by atoms with Gasteiger partial charge in [0.2, 0.25) is 0 Å². The molecule has 1 aromatic carbocycles. The van der Waals surface area contributed by atoms with Crippen LogP contribution in [0.1, 0.15) is 11.3 Å². The number of aryl methyl sites for hydroxylation is 1. The van der Waals surface area contributed by atoms with Crippen LogP contribution in [0.4, 0.5) is 13.2 Å². The molecular weight excluding hydrogens is 291 g/mol. The average molecular weight is 301 g/mol. The van der Waals surface area contributed by atoms with E-state index in [0.717, 1.165) is 12.1 Å². The third-order valence-electron chi connectivity index (χ3n) is 2.57. The maximum atomic E-state index is 12.5. The fraction of sp³-hybridized carbons (Fsp3) is 0.231. The molecule has 3 nitrogen and oxygen atoms in total. The molecule has 0 amide bonds. The number of aromatic nitrogens is 1. The Balaban J connectivity index is 2.39. The minimum Gasteiger partial charge on any atom is -0.545 e. The summed E-state index contributed by atoms with van der Waals surface area (Å²) >= 11 is 0. The number of aliphatic carboxylic acids is 1. The fourth-order valence-electron chi connectivity index (χ4n) is 1.76. The number of carbonyl (C=O) groups is 1. The first-order chi connectivity index (χ1) is 9.27. The largest absolute Gasteiger partial charge is 0.545 e. The number of alkyl halides is 3. The van der Waals surface area contributed by atoms with E-state index in [0.29, 0.717) is 16.3 Å². The molecule has 0 aliphatic carbocycles. The number of carboxylic acid groups (broad SMARTS) is 1. The predicted octanol–water partition coefficient (Wildman–Crippen LogP) is 2.57. The second kappa shape index (κ2) is 5.24. The first kappa shape index (κ1) is 14.5. The summed E-state index contributed by atoms with van der Waals surface area (Å²) in [6, 6.07) is 4.55. The van der Waals surface area contributed by atoms with E-state index >= 15 is 0 Å². The first-order valence-corrected chi connectivity index (χ1v) is 7.07. The van der Waals surface area contributed by atoms with E-state index in [-0.39, 0.29) is 5.75 Å². The lowest BCUT2D eigenvalue weighted by molar-refractivity contribution is -0.303. The second-order valence-corrected chi connectivity index (χ2v) is 5.97. The summed E-state index contributed by atoms with van der Waals surface area (Å²) in [6.07, 6.45) is -4.39. The van der Waals surface area contributed by atoms with Crippen molar-refractivity contribution in [1.29, 1.82) is 0 Å². The van der Waals surface area contributed by atoms with Gasteiger partial charge in [0.05, 0.1) is 22.8 Å². The number of hydrogen-bond acceptors (Lipinski definition) is 3. The van der Waals surface area contributed by atoms with Crippen molar-refractivity contribution in [3.63, 3.8) is 0 Å². The van der Waals surface area contributed by atoms with Gasteiger partial charge in [0.1, 0.15) is 0 Å². The Kier molecular flexibility index (Phi) is 3.80. The molecule has 0 bridgehead atoms. The number of benzene rings is 1. The van der Waals surface area contributed by atoms with Crippen LogP contribution >= 0.6 is 10.5 Å². The monoisotopic (exact) mass is 301 g/mol. The quantitative estimate of drug-likeness (QED) is 0.819. The van der Waals surface area contributed by atoms with Gasteiger partial charge >= 0.3 is 6.18 Å². The van der Waals surface area contributed by atoms with E-state index in [1.165, 1.54) is 12.1 Å². The van der Waals surface area contributed by atoms with Crippen molar-refractivity contribution in [1.82, 2.24) is 4.98 Å². The summed E-state index contributed by atoms with van der Waals surface area (Å²) in [6.45, 7) is 1.71. The van der Waals surface area contributed by atoms with E-state index in [9.17, 15) is 23.1 Å². The number of hydrogen-bond donors (Lipinski definition) is 0. The Bertz CT molecular complexity index is 632. The van der Waals surface area contributed by atoms with Crippen LogP contribution < -0.4 is 5.11 Å². The molecule has 1 atom stereocenters. The van der Waals surface area contributed by atoms with E-state index in [2.05, 4.69) is 4.98 Å². The van der Waals surface area contributed by atoms with E-state index in [1.54, 1.807) is 12.3 Å². The zero-order chi connectivity index (χ0) is 14.9. The zero-order valence-electron chi connectivity index (χ0n) is 10.4. The molecule has 1 heterocycles. The number of rotatable bonds is 3. The van der Waals surface area contributed by atoms with Gasteiger partial charge in [0, 0.05) is 10.5 Å². The van der Waals surface area contributed by atoms with Crippen molar-refractivity contribution in [3.05, 3.63) is 40.9 Å². The molecule has 0 saturated carbocycles. The van der Waals surface area contributed by atoms with Gasteiger partial charge in [0.25, 0.3) is 5.01 Å². The van der Waals surface area contributed by atoms with Crippen molar-refractivity contribution in [2.75, 3.05) is 0 Å². The molecule has 2 rings (SSSR count). The third kappa shape index (κ3) is 3.16. The Morgan fingerprint density at radius 2 is 1.90 bits per heavy atom. The first-order valence-electron chi connectivity index (χ1n) is 5.61. The molecule has 1 unspecified atom stereocenters. The smallest absolute Gasteiger partial charge is 0.416 e. The molecule has 0 N–H and O–H groups in total. The number of halogens is 3. The van der Waals surface area contributed by atoms with Crippen molar-refractivity contribution in [2.45, 2.75) is 18.9 Å². The SMILES string of the molecule is Cc1c[s+](CC(=O)[O-])c(-c2ccc(C(F)(F)F)cc2)n1. The maximum Gasteiger partial charge on any atom is 0.416 e. The van der Waals surface area contributed by atoms with Gasteiger partial charge in [-0.15, -0.1) is 0 Å². The molecule has 0 radical (unpaired) electrons. The highest BCUT2D eigenvalue weighted by Crippen LogP contribution is 2.36. The van der Waals surface area contributed by atoms with Crippen LogP contribution in [0.25, 0.3) is 10.6 Å². The fourth-order valence-corrected chi connectivity index (χ4v) is 3.51. The van der Waals surface area contributed by atoms with E-state index in [1.807, 2.05) is 0 Å². The van der Waals surface area contributed by atoms with Crippen molar-refractivity contribution in [2.24, 2.45) is 0 Å². The lowest BCUT2D eigenvalue weighted by Crippen LogP contribution is -2.22. The summed E-state index contributed by atoms with van der Waals surface area (Å²) in [5.41, 5.74) is 0.407. The van der Waals surface area contributed by atoms with Crippen LogP contribution in [0.15, 0.2) is 29.6 Å². The Morgan fingerprint density at radius 3 is 2.40 bits per heavy atom. The Morgan fingerprint density at radius 1 is 1.30 bits per heavy atom. The minimum absolute atomic E-state index is 0.211. The van der Waals surface area contributed by atoms with Gasteiger partial charge in [-0.2, -0.15) is 18.2 Å². The second-order valence-electron chi connectivity index (χ2n) is 4.20. The van der Waals surface area contributed by atoms with Crippen molar-refractivity contribution < 1.29 is 23.1 Å². The molecule has 20 heavy (non-hydrogen) atoms. The highest BCUT2D eigenvalue weighted by molar-refractivity contribution is 7.33. The van der Waals surface area contributed by atoms with Gasteiger partial charge in [-0.3, -0.25) is 0 Å². The summed E-state index contributed by atoms with van der Waals surface area (Å²) in [5, 5.41) is 12.9. The lowest BCUT2D eigenvalue weighted by atomic mass is 10.1. The highest BCUT2D eigenvalue weighted by Gasteiger charge is 2.30. The summed E-state index contributed by atoms with van der Waals surface area (Å²) < 4.78 is 37.4. The van der Waals surface area contributed by atoms with Gasteiger partial charge in [-0.1, -0.05) is 0 Å². The van der Waals surface area contributed by atoms with Crippen molar-refractivity contribution >= 4 is 16.4 Å². The van der Waals surface area contributed by atoms with Crippen LogP contribution in [0.2, 0.25) is 0 Å². The van der Waals surface area contributed by atoms with Crippen LogP contribution in [-0.2, 0) is 16.7 Å². The number of carbonyl (C=O) groups excluding carboxylic acids is 1. The van der Waals surface area contributed by atoms with Crippen molar-refractivity contribution in [3.8, 4) is 10.6 Å². The van der Waals surface area contributed by atoms with Crippen LogP contribution in [0, 0.1) is 6.92 Å². The zero-order valence-corrected chi connectivity index (χ0v) is 11.2. The van der Waals surface area contributed by atoms with Crippen LogP contribution in [0.5, 0.6) is 0 Å². The Hall–Kier alpha value is -1.89. The number of carboxylic acids is 1.